The van der Waals surface area contributed by atoms with E-state index in [0.29, 0.717) is 19.5 Å². The van der Waals surface area contributed by atoms with Gasteiger partial charge in [-0.05, 0) is 24.6 Å². The summed E-state index contributed by atoms with van der Waals surface area (Å²) in [6.45, 7) is 1.00. The van der Waals surface area contributed by atoms with E-state index in [-0.39, 0.29) is 5.91 Å². The molecular formula is C20H19N3O2. The number of aromatic nitrogens is 2. The summed E-state index contributed by atoms with van der Waals surface area (Å²) in [4.78, 5) is 18.8. The molecule has 1 fully saturated rings. The Morgan fingerprint density at radius 2 is 1.96 bits per heavy atom. The molecule has 1 N–H and O–H groups in total. The lowest BCUT2D eigenvalue weighted by molar-refractivity contribution is -0.125. The number of aliphatic hydroxyl groups excluding tert-OH is 1. The van der Waals surface area contributed by atoms with Crippen molar-refractivity contribution in [2.45, 2.75) is 12.5 Å². The molecule has 1 amide bonds. The van der Waals surface area contributed by atoms with E-state index in [1.165, 1.54) is 0 Å². The molecule has 4 rings (SSSR count). The van der Waals surface area contributed by atoms with Gasteiger partial charge in [0.05, 0.1) is 17.5 Å². The summed E-state index contributed by atoms with van der Waals surface area (Å²) >= 11 is 0. The predicted molar refractivity (Wildman–Crippen MR) is 96.9 cm³/mol. The molecule has 5 heteroatoms. The van der Waals surface area contributed by atoms with Gasteiger partial charge in [0, 0.05) is 30.9 Å². The highest BCUT2D eigenvalue weighted by molar-refractivity contribution is 5.93. The first kappa shape index (κ1) is 15.6. The zero-order valence-electron chi connectivity index (χ0n) is 13.7. The zero-order valence-corrected chi connectivity index (χ0v) is 13.7. The molecule has 0 aliphatic carbocycles. The van der Waals surface area contributed by atoms with Gasteiger partial charge < -0.3 is 10.0 Å². The van der Waals surface area contributed by atoms with Crippen molar-refractivity contribution in [2.75, 3.05) is 13.1 Å². The lowest BCUT2D eigenvalue weighted by atomic mass is 10.1. The first-order valence-electron chi connectivity index (χ1n) is 8.40. The normalized spacial score (nSPS) is 17.6. The highest BCUT2D eigenvalue weighted by atomic mass is 16.3. The number of β-amino-alcohol motifs (C(OH)–C–C–N with tert-alkyl or cyclic N) is 1. The summed E-state index contributed by atoms with van der Waals surface area (Å²) in [5, 5.41) is 9.60. The number of carbonyl (C=O) groups excluding carboxylic acids is 1. The molecule has 0 spiro atoms. The van der Waals surface area contributed by atoms with E-state index >= 15 is 0 Å². The van der Waals surface area contributed by atoms with Crippen LogP contribution in [0.15, 0.2) is 60.8 Å². The number of imidazole rings is 1. The average Bonchev–Trinajstić information content (AvgIpc) is 3.24. The topological polar surface area (TPSA) is 57.8 Å². The maximum Gasteiger partial charge on any atom is 0.246 e. The first-order chi connectivity index (χ1) is 12.2. The molecule has 1 aliphatic rings. The lowest BCUT2D eigenvalue weighted by Crippen LogP contribution is -2.27. The number of amides is 1. The number of likely N-dealkylation sites (tertiary alicyclic amines) is 1. The Bertz CT molecular complexity index is 931. The second kappa shape index (κ2) is 6.53. The maximum atomic E-state index is 12.4. The minimum atomic E-state index is -0.409. The van der Waals surface area contributed by atoms with E-state index in [0.717, 1.165) is 22.6 Å². The van der Waals surface area contributed by atoms with Gasteiger partial charge in [-0.15, -0.1) is 0 Å². The fraction of sp³-hybridized carbons (Fsp3) is 0.200. The SMILES string of the molecule is O=C(/C=C/c1c(-c2ccccc2)nc2ccccn12)N1CCC(O)C1. The number of carbonyl (C=O) groups is 1. The summed E-state index contributed by atoms with van der Waals surface area (Å²) in [6.07, 6.45) is 5.56. The molecule has 0 saturated carbocycles. The van der Waals surface area contributed by atoms with Crippen LogP contribution in [0.1, 0.15) is 12.1 Å². The third kappa shape index (κ3) is 3.06. The van der Waals surface area contributed by atoms with Crippen LogP contribution in [0.3, 0.4) is 0 Å². The Morgan fingerprint density at radius 3 is 2.72 bits per heavy atom. The fourth-order valence-corrected chi connectivity index (χ4v) is 3.18. The number of hydrogen-bond acceptors (Lipinski definition) is 3. The summed E-state index contributed by atoms with van der Waals surface area (Å²) in [5.41, 5.74) is 3.56. The summed E-state index contributed by atoms with van der Waals surface area (Å²) in [7, 11) is 0. The minimum Gasteiger partial charge on any atom is -0.391 e. The van der Waals surface area contributed by atoms with E-state index in [1.807, 2.05) is 65.2 Å². The number of pyridine rings is 1. The van der Waals surface area contributed by atoms with Gasteiger partial charge in [-0.25, -0.2) is 4.98 Å². The van der Waals surface area contributed by atoms with E-state index < -0.39 is 6.10 Å². The van der Waals surface area contributed by atoms with Crippen molar-refractivity contribution < 1.29 is 9.90 Å². The third-order valence-electron chi connectivity index (χ3n) is 4.47. The van der Waals surface area contributed by atoms with Crippen molar-refractivity contribution in [3.8, 4) is 11.3 Å². The van der Waals surface area contributed by atoms with Crippen molar-refractivity contribution in [3.05, 3.63) is 66.5 Å². The Balaban J connectivity index is 1.73. The van der Waals surface area contributed by atoms with E-state index in [4.69, 9.17) is 4.98 Å². The van der Waals surface area contributed by atoms with Crippen LogP contribution < -0.4 is 0 Å². The van der Waals surface area contributed by atoms with Crippen LogP contribution in [0.25, 0.3) is 23.0 Å². The smallest absolute Gasteiger partial charge is 0.246 e. The van der Waals surface area contributed by atoms with Gasteiger partial charge in [0.1, 0.15) is 5.65 Å². The largest absolute Gasteiger partial charge is 0.391 e. The molecule has 1 atom stereocenters. The predicted octanol–water partition coefficient (Wildman–Crippen LogP) is 2.61. The van der Waals surface area contributed by atoms with Crippen LogP contribution in [-0.2, 0) is 4.79 Å². The standard InChI is InChI=1S/C20H19N3O2/c24-16-11-13-22(14-16)19(25)10-9-17-20(15-6-2-1-3-7-15)21-18-8-4-5-12-23(17)18/h1-10,12,16,24H,11,13-14H2/b10-9+. The van der Waals surface area contributed by atoms with Crippen LogP contribution in [0.5, 0.6) is 0 Å². The van der Waals surface area contributed by atoms with Gasteiger partial charge in [0.25, 0.3) is 0 Å². The van der Waals surface area contributed by atoms with E-state index in [9.17, 15) is 9.90 Å². The molecule has 3 heterocycles. The molecule has 0 radical (unpaired) electrons. The molecule has 5 nitrogen and oxygen atoms in total. The van der Waals surface area contributed by atoms with Crippen LogP contribution in [0.4, 0.5) is 0 Å². The van der Waals surface area contributed by atoms with Crippen LogP contribution in [-0.4, -0.2) is 44.5 Å². The van der Waals surface area contributed by atoms with Gasteiger partial charge >= 0.3 is 0 Å². The Hall–Kier alpha value is -2.92. The molecule has 0 bridgehead atoms. The van der Waals surface area contributed by atoms with Gasteiger partial charge in [0.15, 0.2) is 0 Å². The molecular weight excluding hydrogens is 314 g/mol. The van der Waals surface area contributed by atoms with E-state index in [1.54, 1.807) is 11.0 Å². The minimum absolute atomic E-state index is 0.0820. The summed E-state index contributed by atoms with van der Waals surface area (Å²) in [5.74, 6) is -0.0820. The number of rotatable bonds is 3. The van der Waals surface area contributed by atoms with Gasteiger partial charge in [-0.2, -0.15) is 0 Å². The molecule has 1 saturated heterocycles. The van der Waals surface area contributed by atoms with Crippen molar-refractivity contribution in [1.82, 2.24) is 14.3 Å². The average molecular weight is 333 g/mol. The highest BCUT2D eigenvalue weighted by Gasteiger charge is 2.23. The van der Waals surface area contributed by atoms with Crippen molar-refractivity contribution in [2.24, 2.45) is 0 Å². The number of aliphatic hydroxyl groups is 1. The molecule has 3 aromatic rings. The first-order valence-corrected chi connectivity index (χ1v) is 8.40. The highest BCUT2D eigenvalue weighted by Crippen LogP contribution is 2.25. The maximum absolute atomic E-state index is 12.4. The van der Waals surface area contributed by atoms with E-state index in [2.05, 4.69) is 0 Å². The molecule has 126 valence electrons. The molecule has 2 aromatic heterocycles. The monoisotopic (exact) mass is 333 g/mol. The fourth-order valence-electron chi connectivity index (χ4n) is 3.18. The lowest BCUT2D eigenvalue weighted by Gasteiger charge is -2.12. The van der Waals surface area contributed by atoms with Crippen LogP contribution in [0.2, 0.25) is 0 Å². The van der Waals surface area contributed by atoms with Gasteiger partial charge in [-0.1, -0.05) is 36.4 Å². The third-order valence-corrected chi connectivity index (χ3v) is 4.47. The van der Waals surface area contributed by atoms with Crippen molar-refractivity contribution in [1.29, 1.82) is 0 Å². The summed E-state index contributed by atoms with van der Waals surface area (Å²) in [6, 6.07) is 15.8. The van der Waals surface area contributed by atoms with Crippen molar-refractivity contribution >= 4 is 17.6 Å². The number of benzene rings is 1. The number of fused-ring (bicyclic) bond motifs is 1. The Kier molecular flexibility index (Phi) is 4.07. The van der Waals surface area contributed by atoms with Crippen LogP contribution >= 0.6 is 0 Å². The Morgan fingerprint density at radius 1 is 1.16 bits per heavy atom. The Labute approximate surface area is 145 Å². The second-order valence-corrected chi connectivity index (χ2v) is 6.20. The van der Waals surface area contributed by atoms with Gasteiger partial charge in [0.2, 0.25) is 5.91 Å². The second-order valence-electron chi connectivity index (χ2n) is 6.20. The molecule has 1 unspecified atom stereocenters. The summed E-state index contributed by atoms with van der Waals surface area (Å²) < 4.78 is 1.98. The van der Waals surface area contributed by atoms with Crippen LogP contribution in [0, 0.1) is 0 Å². The molecule has 25 heavy (non-hydrogen) atoms. The number of nitrogens with zero attached hydrogens (tertiary/aromatic N) is 3. The molecule has 1 aromatic carbocycles. The molecule has 1 aliphatic heterocycles. The quantitative estimate of drug-likeness (QED) is 0.750. The van der Waals surface area contributed by atoms with Crippen molar-refractivity contribution in [3.63, 3.8) is 0 Å². The number of hydrogen-bond donors (Lipinski definition) is 1. The van der Waals surface area contributed by atoms with Gasteiger partial charge in [-0.3, -0.25) is 9.20 Å². The zero-order chi connectivity index (χ0) is 17.2.